The zero-order valence-corrected chi connectivity index (χ0v) is 7.32. The van der Waals surface area contributed by atoms with Crippen LogP contribution < -0.4 is 5.56 Å². The van der Waals surface area contributed by atoms with Crippen molar-refractivity contribution in [3.63, 3.8) is 0 Å². The molecule has 0 atom stereocenters. The average molecular weight is 214 g/mol. The number of hydrogen-bond donors (Lipinski definition) is 0. The van der Waals surface area contributed by atoms with Crippen molar-refractivity contribution in [2.45, 2.75) is 6.18 Å². The molecule has 0 N–H and O–H groups in total. The van der Waals surface area contributed by atoms with Gasteiger partial charge >= 0.3 is 6.18 Å². The Bertz CT molecular complexity index is 559. The summed E-state index contributed by atoms with van der Waals surface area (Å²) in [6.07, 6.45) is -2.18. The zero-order chi connectivity index (χ0) is 11.1. The van der Waals surface area contributed by atoms with Crippen LogP contribution in [0.4, 0.5) is 13.2 Å². The number of halogens is 3. The molecule has 0 aliphatic heterocycles. The van der Waals surface area contributed by atoms with Gasteiger partial charge in [-0.3, -0.25) is 9.20 Å². The summed E-state index contributed by atoms with van der Waals surface area (Å²) in [6.45, 7) is 0. The first-order chi connectivity index (χ1) is 6.98. The summed E-state index contributed by atoms with van der Waals surface area (Å²) in [5.74, 6) is 0. The van der Waals surface area contributed by atoms with E-state index in [1.54, 1.807) is 0 Å². The molecule has 3 nitrogen and oxygen atoms in total. The first kappa shape index (κ1) is 9.70. The normalized spacial score (nSPS) is 11.9. The second-order valence-electron chi connectivity index (χ2n) is 2.92. The lowest BCUT2D eigenvalue weighted by Crippen LogP contribution is -2.14. The van der Waals surface area contributed by atoms with Gasteiger partial charge in [0.05, 0.1) is 5.56 Å². The molecule has 0 saturated carbocycles. The van der Waals surface area contributed by atoms with Crippen LogP contribution in [0.5, 0.6) is 0 Å². The maximum absolute atomic E-state index is 12.3. The highest BCUT2D eigenvalue weighted by atomic mass is 19.4. The summed E-state index contributed by atoms with van der Waals surface area (Å²) in [4.78, 5) is 14.9. The first-order valence-electron chi connectivity index (χ1n) is 4.03. The molecule has 0 spiro atoms. The van der Waals surface area contributed by atoms with E-state index in [1.165, 1.54) is 12.3 Å². The standard InChI is InChI=1S/C9H5F3N2O/c10-9(11,12)6-2-4-14-7(5-6)13-3-1-8(14)15/h1-5H. The molecule has 0 amide bonds. The largest absolute Gasteiger partial charge is 0.416 e. The molecule has 0 unspecified atom stereocenters. The van der Waals surface area contributed by atoms with Gasteiger partial charge in [-0.25, -0.2) is 4.98 Å². The minimum absolute atomic E-state index is 0.0164. The highest BCUT2D eigenvalue weighted by molar-refractivity contribution is 5.41. The van der Waals surface area contributed by atoms with Gasteiger partial charge in [0, 0.05) is 18.5 Å². The van der Waals surface area contributed by atoms with Crippen molar-refractivity contribution in [2.75, 3.05) is 0 Å². The number of alkyl halides is 3. The highest BCUT2D eigenvalue weighted by Gasteiger charge is 2.30. The molecule has 2 rings (SSSR count). The molecule has 2 aromatic rings. The van der Waals surface area contributed by atoms with Crippen LogP contribution in [0, 0.1) is 0 Å². The van der Waals surface area contributed by atoms with Gasteiger partial charge in [0.25, 0.3) is 5.56 Å². The van der Waals surface area contributed by atoms with Gasteiger partial charge in [0.2, 0.25) is 0 Å². The van der Waals surface area contributed by atoms with Gasteiger partial charge < -0.3 is 0 Å². The van der Waals surface area contributed by atoms with Crippen LogP contribution in [0.1, 0.15) is 5.56 Å². The fourth-order valence-corrected chi connectivity index (χ4v) is 1.21. The van der Waals surface area contributed by atoms with Crippen molar-refractivity contribution in [2.24, 2.45) is 0 Å². The molecule has 0 fully saturated rings. The smallest absolute Gasteiger partial charge is 0.269 e. The number of hydrogen-bond acceptors (Lipinski definition) is 2. The van der Waals surface area contributed by atoms with E-state index >= 15 is 0 Å². The van der Waals surface area contributed by atoms with Gasteiger partial charge in [-0.15, -0.1) is 0 Å². The van der Waals surface area contributed by atoms with Gasteiger partial charge in [-0.1, -0.05) is 0 Å². The minimum Gasteiger partial charge on any atom is -0.269 e. The Kier molecular flexibility index (Phi) is 1.99. The van der Waals surface area contributed by atoms with Crippen LogP contribution >= 0.6 is 0 Å². The molecule has 6 heteroatoms. The Morgan fingerprint density at radius 2 is 2.00 bits per heavy atom. The fourth-order valence-electron chi connectivity index (χ4n) is 1.21. The van der Waals surface area contributed by atoms with E-state index in [4.69, 9.17) is 0 Å². The first-order valence-corrected chi connectivity index (χ1v) is 4.03. The topological polar surface area (TPSA) is 34.4 Å². The average Bonchev–Trinajstić information content (AvgIpc) is 2.16. The summed E-state index contributed by atoms with van der Waals surface area (Å²) >= 11 is 0. The van der Waals surface area contributed by atoms with E-state index in [0.29, 0.717) is 0 Å². The van der Waals surface area contributed by atoms with Gasteiger partial charge in [0.15, 0.2) is 0 Å². The molecule has 0 aromatic carbocycles. The Hall–Kier alpha value is -1.85. The molecule has 15 heavy (non-hydrogen) atoms. The van der Waals surface area contributed by atoms with Crippen molar-refractivity contribution in [3.8, 4) is 0 Å². The van der Waals surface area contributed by atoms with E-state index in [1.807, 2.05) is 0 Å². The number of aromatic nitrogens is 2. The van der Waals surface area contributed by atoms with Crippen molar-refractivity contribution in [1.29, 1.82) is 0 Å². The monoisotopic (exact) mass is 214 g/mol. The fraction of sp³-hybridized carbons (Fsp3) is 0.111. The quantitative estimate of drug-likeness (QED) is 0.669. The van der Waals surface area contributed by atoms with Crippen LogP contribution in [0.3, 0.4) is 0 Å². The molecule has 78 valence electrons. The molecule has 0 radical (unpaired) electrons. The number of rotatable bonds is 0. The maximum Gasteiger partial charge on any atom is 0.416 e. The molecular formula is C9H5F3N2O. The zero-order valence-electron chi connectivity index (χ0n) is 7.32. The Morgan fingerprint density at radius 3 is 2.67 bits per heavy atom. The summed E-state index contributed by atoms with van der Waals surface area (Å²) in [5.41, 5.74) is -1.24. The third-order valence-electron chi connectivity index (χ3n) is 1.92. The van der Waals surface area contributed by atoms with E-state index in [9.17, 15) is 18.0 Å². The lowest BCUT2D eigenvalue weighted by molar-refractivity contribution is -0.137. The van der Waals surface area contributed by atoms with Gasteiger partial charge in [0.1, 0.15) is 5.65 Å². The number of fused-ring (bicyclic) bond motifs is 1. The predicted octanol–water partition coefficient (Wildman–Crippen LogP) is 1.71. The van der Waals surface area contributed by atoms with Crippen molar-refractivity contribution in [3.05, 3.63) is 46.5 Å². The van der Waals surface area contributed by atoms with E-state index in [0.717, 1.165) is 22.7 Å². The molecule has 0 saturated heterocycles. The van der Waals surface area contributed by atoms with Crippen LogP contribution in [-0.4, -0.2) is 9.38 Å². The summed E-state index contributed by atoms with van der Waals surface area (Å²) in [6, 6.07) is 2.86. The lowest BCUT2D eigenvalue weighted by atomic mass is 10.2. The Labute approximate surface area is 81.8 Å². The van der Waals surface area contributed by atoms with Crippen LogP contribution in [0.25, 0.3) is 5.65 Å². The summed E-state index contributed by atoms with van der Waals surface area (Å²) < 4.78 is 38.0. The van der Waals surface area contributed by atoms with Gasteiger partial charge in [-0.2, -0.15) is 13.2 Å². The molecule has 2 aromatic heterocycles. The SMILES string of the molecule is O=c1ccnc2cc(C(F)(F)F)ccn12. The Morgan fingerprint density at radius 1 is 1.27 bits per heavy atom. The Balaban J connectivity index is 2.73. The van der Waals surface area contributed by atoms with E-state index in [-0.39, 0.29) is 5.65 Å². The lowest BCUT2D eigenvalue weighted by Gasteiger charge is -2.07. The van der Waals surface area contributed by atoms with Crippen molar-refractivity contribution in [1.82, 2.24) is 9.38 Å². The van der Waals surface area contributed by atoms with Crippen LogP contribution in [-0.2, 0) is 6.18 Å². The number of nitrogens with zero attached hydrogens (tertiary/aromatic N) is 2. The molecule has 0 aliphatic carbocycles. The maximum atomic E-state index is 12.3. The second-order valence-corrected chi connectivity index (χ2v) is 2.92. The van der Waals surface area contributed by atoms with E-state index in [2.05, 4.69) is 4.98 Å². The summed E-state index contributed by atoms with van der Waals surface area (Å²) in [7, 11) is 0. The molecule has 0 aliphatic rings. The third-order valence-corrected chi connectivity index (χ3v) is 1.92. The minimum atomic E-state index is -4.42. The van der Waals surface area contributed by atoms with Crippen molar-refractivity contribution < 1.29 is 13.2 Å². The van der Waals surface area contributed by atoms with Crippen LogP contribution in [0.2, 0.25) is 0 Å². The highest BCUT2D eigenvalue weighted by Crippen LogP contribution is 2.29. The van der Waals surface area contributed by atoms with Crippen LogP contribution in [0.15, 0.2) is 35.4 Å². The molecule has 0 bridgehead atoms. The summed E-state index contributed by atoms with van der Waals surface area (Å²) in [5, 5.41) is 0. The van der Waals surface area contributed by atoms with Crippen molar-refractivity contribution >= 4 is 5.65 Å². The second kappa shape index (κ2) is 3.08. The van der Waals surface area contributed by atoms with E-state index < -0.39 is 17.3 Å². The molecular weight excluding hydrogens is 209 g/mol. The van der Waals surface area contributed by atoms with Gasteiger partial charge in [-0.05, 0) is 12.1 Å². The third kappa shape index (κ3) is 1.70. The predicted molar refractivity (Wildman–Crippen MR) is 46.5 cm³/mol. The number of pyridine rings is 1. The molecule has 2 heterocycles.